The van der Waals surface area contributed by atoms with Gasteiger partial charge in [-0.05, 0) is 30.5 Å². The van der Waals surface area contributed by atoms with Crippen LogP contribution in [0.1, 0.15) is 12.0 Å². The third-order valence-electron chi connectivity index (χ3n) is 4.78. The first-order valence-electron chi connectivity index (χ1n) is 8.09. The topological polar surface area (TPSA) is 36.4 Å². The number of aromatic nitrogens is 1. The molecule has 2 aromatic rings. The fraction of sp³-hybridized carbons (Fsp3) is 0.333. The highest BCUT2D eigenvalue weighted by atomic mass is 35.5. The number of anilines is 2. The molecule has 24 heavy (non-hydrogen) atoms. The van der Waals surface area contributed by atoms with Crippen LogP contribution in [0, 0.1) is 11.7 Å². The van der Waals surface area contributed by atoms with Crippen LogP contribution < -0.4 is 9.80 Å². The van der Waals surface area contributed by atoms with Crippen molar-refractivity contribution >= 4 is 29.0 Å². The number of benzene rings is 1. The van der Waals surface area contributed by atoms with Crippen molar-refractivity contribution in [3.8, 4) is 0 Å². The molecule has 0 saturated carbocycles. The predicted octanol–water partition coefficient (Wildman–Crippen LogP) is 3.29. The predicted molar refractivity (Wildman–Crippen MR) is 92.0 cm³/mol. The molecule has 0 radical (unpaired) electrons. The number of nitrogens with zero attached hydrogens (tertiary/aromatic N) is 3. The molecule has 1 aromatic heterocycles. The molecule has 1 aromatic carbocycles. The van der Waals surface area contributed by atoms with Crippen LogP contribution in [0.3, 0.4) is 0 Å². The maximum absolute atomic E-state index is 14.0. The van der Waals surface area contributed by atoms with Gasteiger partial charge in [-0.15, -0.1) is 0 Å². The van der Waals surface area contributed by atoms with E-state index in [-0.39, 0.29) is 22.7 Å². The number of fused-ring (bicyclic) bond motifs is 1. The van der Waals surface area contributed by atoms with E-state index < -0.39 is 5.82 Å². The highest BCUT2D eigenvalue weighted by molar-refractivity contribution is 6.30. The van der Waals surface area contributed by atoms with Gasteiger partial charge in [-0.1, -0.05) is 29.8 Å². The van der Waals surface area contributed by atoms with E-state index >= 15 is 0 Å². The van der Waals surface area contributed by atoms with Gasteiger partial charge in [0.1, 0.15) is 0 Å². The molecule has 3 heterocycles. The van der Waals surface area contributed by atoms with Crippen molar-refractivity contribution in [1.82, 2.24) is 4.98 Å². The van der Waals surface area contributed by atoms with Crippen LogP contribution in [-0.2, 0) is 11.2 Å². The van der Waals surface area contributed by atoms with Crippen molar-refractivity contribution in [2.75, 3.05) is 29.4 Å². The Bertz CT molecular complexity index is 798. The summed E-state index contributed by atoms with van der Waals surface area (Å²) in [6.07, 6.45) is 3.04. The number of carbonyl (C=O) groups excluding carboxylic acids is 1. The fourth-order valence-electron chi connectivity index (χ4n) is 3.58. The van der Waals surface area contributed by atoms with Crippen LogP contribution in [0.2, 0.25) is 5.02 Å². The van der Waals surface area contributed by atoms with E-state index in [1.165, 1.54) is 17.8 Å². The van der Waals surface area contributed by atoms with Crippen molar-refractivity contribution in [2.45, 2.75) is 12.8 Å². The summed E-state index contributed by atoms with van der Waals surface area (Å²) >= 11 is 5.75. The quantitative estimate of drug-likeness (QED) is 0.838. The van der Waals surface area contributed by atoms with Gasteiger partial charge in [0.15, 0.2) is 11.6 Å². The van der Waals surface area contributed by atoms with Crippen LogP contribution in [0.4, 0.5) is 15.9 Å². The highest BCUT2D eigenvalue weighted by Gasteiger charge is 2.35. The number of halogens is 2. The molecule has 0 N–H and O–H groups in total. The third kappa shape index (κ3) is 2.63. The second-order valence-electron chi connectivity index (χ2n) is 6.26. The van der Waals surface area contributed by atoms with Crippen molar-refractivity contribution < 1.29 is 9.18 Å². The molecule has 0 spiro atoms. The molecule has 1 saturated heterocycles. The number of hydrogen-bond donors (Lipinski definition) is 0. The molecule has 1 atom stereocenters. The Morgan fingerprint density at radius 2 is 2.12 bits per heavy atom. The summed E-state index contributed by atoms with van der Waals surface area (Å²) in [6.45, 7) is 1.84. The number of pyridine rings is 1. The lowest BCUT2D eigenvalue weighted by molar-refractivity contribution is -0.121. The number of hydrogen-bond acceptors (Lipinski definition) is 3. The van der Waals surface area contributed by atoms with Crippen LogP contribution in [-0.4, -0.2) is 30.5 Å². The molecule has 0 bridgehead atoms. The Morgan fingerprint density at radius 3 is 2.96 bits per heavy atom. The molecule has 6 heteroatoms. The summed E-state index contributed by atoms with van der Waals surface area (Å²) < 4.78 is 14.0. The standard InChI is InChI=1S/C18H17ClFN3O/c19-14-9-15(20)17(21-10-14)22-7-5-13(11-22)18(24)23-8-6-12-3-1-2-4-16(12)23/h1-4,9-10,13H,5-8,11H2. The van der Waals surface area contributed by atoms with Gasteiger partial charge in [-0.25, -0.2) is 9.37 Å². The maximum atomic E-state index is 14.0. The van der Waals surface area contributed by atoms with Crippen molar-refractivity contribution in [2.24, 2.45) is 5.92 Å². The van der Waals surface area contributed by atoms with Gasteiger partial charge in [-0.3, -0.25) is 4.79 Å². The van der Waals surface area contributed by atoms with Gasteiger partial charge in [-0.2, -0.15) is 0 Å². The molecular formula is C18H17ClFN3O. The Labute approximate surface area is 144 Å². The van der Waals surface area contributed by atoms with Gasteiger partial charge in [0, 0.05) is 31.5 Å². The summed E-state index contributed by atoms with van der Waals surface area (Å²) in [5.41, 5.74) is 2.22. The normalized spacial score (nSPS) is 19.7. The summed E-state index contributed by atoms with van der Waals surface area (Å²) in [4.78, 5) is 20.7. The van der Waals surface area contributed by atoms with Crippen LogP contribution in [0.5, 0.6) is 0 Å². The second-order valence-corrected chi connectivity index (χ2v) is 6.70. The number of amides is 1. The second kappa shape index (κ2) is 6.06. The van der Waals surface area contributed by atoms with Gasteiger partial charge < -0.3 is 9.80 Å². The summed E-state index contributed by atoms with van der Waals surface area (Å²) in [7, 11) is 0. The number of rotatable bonds is 2. The van der Waals surface area contributed by atoms with Crippen LogP contribution in [0.15, 0.2) is 36.5 Å². The van der Waals surface area contributed by atoms with E-state index in [1.54, 1.807) is 0 Å². The highest BCUT2D eigenvalue weighted by Crippen LogP contribution is 2.32. The Hall–Kier alpha value is -2.14. The number of carbonyl (C=O) groups is 1. The van der Waals surface area contributed by atoms with E-state index in [0.29, 0.717) is 19.5 Å². The first-order valence-corrected chi connectivity index (χ1v) is 8.46. The summed E-state index contributed by atoms with van der Waals surface area (Å²) in [6, 6.07) is 9.27. The van der Waals surface area contributed by atoms with Gasteiger partial charge in [0.05, 0.1) is 10.9 Å². The first-order chi connectivity index (χ1) is 11.6. The Kier molecular flexibility index (Phi) is 3.88. The van der Waals surface area contributed by atoms with Crippen LogP contribution in [0.25, 0.3) is 0 Å². The molecular weight excluding hydrogens is 329 g/mol. The lowest BCUT2D eigenvalue weighted by Gasteiger charge is -2.22. The zero-order chi connectivity index (χ0) is 16.7. The van der Waals surface area contributed by atoms with Gasteiger partial charge in [0.2, 0.25) is 5.91 Å². The van der Waals surface area contributed by atoms with E-state index in [1.807, 2.05) is 28.0 Å². The average molecular weight is 346 g/mol. The molecule has 124 valence electrons. The molecule has 1 unspecified atom stereocenters. The van der Waals surface area contributed by atoms with Crippen molar-refractivity contribution in [3.05, 3.63) is 52.9 Å². The minimum Gasteiger partial charge on any atom is -0.353 e. The van der Waals surface area contributed by atoms with E-state index in [2.05, 4.69) is 11.1 Å². The molecule has 4 rings (SSSR count). The van der Waals surface area contributed by atoms with Crippen molar-refractivity contribution in [1.29, 1.82) is 0 Å². The van der Waals surface area contributed by atoms with E-state index in [0.717, 1.165) is 18.7 Å². The molecule has 4 nitrogen and oxygen atoms in total. The maximum Gasteiger partial charge on any atom is 0.231 e. The molecule has 1 amide bonds. The molecule has 1 fully saturated rings. The largest absolute Gasteiger partial charge is 0.353 e. The van der Waals surface area contributed by atoms with Gasteiger partial charge in [0.25, 0.3) is 0 Å². The minimum atomic E-state index is -0.442. The summed E-state index contributed by atoms with van der Waals surface area (Å²) in [5.74, 6) is -0.177. The van der Waals surface area contributed by atoms with Crippen molar-refractivity contribution in [3.63, 3.8) is 0 Å². The average Bonchev–Trinajstić information content (AvgIpc) is 3.21. The Morgan fingerprint density at radius 1 is 1.29 bits per heavy atom. The minimum absolute atomic E-state index is 0.122. The molecule has 0 aliphatic carbocycles. The van der Waals surface area contributed by atoms with Crippen LogP contribution >= 0.6 is 11.6 Å². The molecule has 2 aliphatic rings. The number of para-hydroxylation sites is 1. The molecule has 2 aliphatic heterocycles. The summed E-state index contributed by atoms with van der Waals surface area (Å²) in [5, 5.41) is 0.275. The zero-order valence-electron chi connectivity index (χ0n) is 13.1. The van der Waals surface area contributed by atoms with Gasteiger partial charge >= 0.3 is 0 Å². The Balaban J connectivity index is 1.50. The lowest BCUT2D eigenvalue weighted by Crippen LogP contribution is -2.36. The monoisotopic (exact) mass is 345 g/mol. The fourth-order valence-corrected chi connectivity index (χ4v) is 3.73. The van der Waals surface area contributed by atoms with E-state index in [4.69, 9.17) is 11.6 Å². The lowest BCUT2D eigenvalue weighted by atomic mass is 10.1. The SMILES string of the molecule is O=C(C1CCN(c2ncc(Cl)cc2F)C1)N1CCc2ccccc21. The first kappa shape index (κ1) is 15.4. The van der Waals surface area contributed by atoms with E-state index in [9.17, 15) is 9.18 Å². The smallest absolute Gasteiger partial charge is 0.231 e. The zero-order valence-corrected chi connectivity index (χ0v) is 13.8. The third-order valence-corrected chi connectivity index (χ3v) is 4.99.